The molecule has 0 fully saturated rings. The van der Waals surface area contributed by atoms with Gasteiger partial charge in [0.05, 0.1) is 5.56 Å². The summed E-state index contributed by atoms with van der Waals surface area (Å²) in [5.74, 6) is -0.220. The van der Waals surface area contributed by atoms with Crippen molar-refractivity contribution in [3.63, 3.8) is 0 Å². The van der Waals surface area contributed by atoms with Gasteiger partial charge in [-0.15, -0.1) is 0 Å². The number of rotatable bonds is 7. The first kappa shape index (κ1) is 18.1. The molecular weight excluding hydrogens is 377 g/mol. The standard InChI is InChI=1S/C18H17BrFNO3/c1-2-21(10-13-4-3-5-16(20)8-13)18(23)12-24-17-7-6-15(19)9-14(17)11-22/h3-9,11H,2,10,12H2,1H3. The second-order valence-corrected chi connectivity index (χ2v) is 6.04. The van der Waals surface area contributed by atoms with Gasteiger partial charge in [0, 0.05) is 17.6 Å². The molecule has 0 heterocycles. The minimum Gasteiger partial charge on any atom is -0.483 e. The minimum atomic E-state index is -0.335. The van der Waals surface area contributed by atoms with Crippen LogP contribution in [0.15, 0.2) is 46.9 Å². The molecular formula is C18H17BrFNO3. The molecule has 0 aliphatic carbocycles. The van der Waals surface area contributed by atoms with Crippen molar-refractivity contribution in [3.05, 3.63) is 63.9 Å². The molecule has 0 radical (unpaired) electrons. The number of carbonyl (C=O) groups excluding carboxylic acids is 2. The summed E-state index contributed by atoms with van der Waals surface area (Å²) in [6.45, 7) is 2.43. The Labute approximate surface area is 148 Å². The Balaban J connectivity index is 2.01. The van der Waals surface area contributed by atoms with Crippen molar-refractivity contribution in [1.82, 2.24) is 4.90 Å². The normalized spacial score (nSPS) is 10.3. The van der Waals surface area contributed by atoms with E-state index in [1.54, 1.807) is 35.2 Å². The summed E-state index contributed by atoms with van der Waals surface area (Å²) in [6, 6.07) is 11.1. The van der Waals surface area contributed by atoms with E-state index in [2.05, 4.69) is 15.9 Å². The van der Waals surface area contributed by atoms with Gasteiger partial charge in [-0.3, -0.25) is 9.59 Å². The van der Waals surface area contributed by atoms with Crippen LogP contribution in [-0.4, -0.2) is 30.2 Å². The van der Waals surface area contributed by atoms with Gasteiger partial charge in [0.1, 0.15) is 11.6 Å². The molecule has 2 rings (SSSR count). The highest BCUT2D eigenvalue weighted by Gasteiger charge is 2.14. The third kappa shape index (κ3) is 4.89. The van der Waals surface area contributed by atoms with Crippen LogP contribution in [-0.2, 0) is 11.3 Å². The van der Waals surface area contributed by atoms with Gasteiger partial charge in [0.15, 0.2) is 12.9 Å². The summed E-state index contributed by atoms with van der Waals surface area (Å²) in [5.41, 5.74) is 1.08. The SMILES string of the molecule is CCN(Cc1cccc(F)c1)C(=O)COc1ccc(Br)cc1C=O. The largest absolute Gasteiger partial charge is 0.483 e. The average Bonchev–Trinajstić information content (AvgIpc) is 2.58. The zero-order valence-electron chi connectivity index (χ0n) is 13.2. The van der Waals surface area contributed by atoms with E-state index >= 15 is 0 Å². The molecule has 0 aliphatic rings. The number of halogens is 2. The average molecular weight is 394 g/mol. The number of nitrogens with zero attached hydrogens (tertiary/aromatic N) is 1. The fourth-order valence-corrected chi connectivity index (χ4v) is 2.58. The number of hydrogen-bond donors (Lipinski definition) is 0. The third-order valence-corrected chi connectivity index (χ3v) is 3.94. The summed E-state index contributed by atoms with van der Waals surface area (Å²) in [4.78, 5) is 24.9. The van der Waals surface area contributed by atoms with Crippen molar-refractivity contribution in [2.75, 3.05) is 13.2 Å². The number of ether oxygens (including phenoxy) is 1. The lowest BCUT2D eigenvalue weighted by molar-refractivity contribution is -0.133. The highest BCUT2D eigenvalue weighted by Crippen LogP contribution is 2.21. The van der Waals surface area contributed by atoms with E-state index in [1.807, 2.05) is 6.92 Å². The summed E-state index contributed by atoms with van der Waals surface area (Å²) < 4.78 is 19.5. The van der Waals surface area contributed by atoms with Gasteiger partial charge in [-0.1, -0.05) is 28.1 Å². The van der Waals surface area contributed by atoms with Crippen molar-refractivity contribution in [1.29, 1.82) is 0 Å². The molecule has 0 unspecified atom stereocenters. The first-order valence-electron chi connectivity index (χ1n) is 7.43. The molecule has 2 aromatic rings. The predicted octanol–water partition coefficient (Wildman–Crippen LogP) is 3.83. The Bertz CT molecular complexity index is 736. The van der Waals surface area contributed by atoms with Crippen molar-refractivity contribution >= 4 is 28.1 Å². The van der Waals surface area contributed by atoms with Crippen LogP contribution < -0.4 is 4.74 Å². The van der Waals surface area contributed by atoms with Crippen LogP contribution in [0.3, 0.4) is 0 Å². The van der Waals surface area contributed by atoms with Crippen LogP contribution in [0.5, 0.6) is 5.75 Å². The summed E-state index contributed by atoms with van der Waals surface area (Å²) in [5, 5.41) is 0. The quantitative estimate of drug-likeness (QED) is 0.671. The second-order valence-electron chi connectivity index (χ2n) is 5.13. The van der Waals surface area contributed by atoms with Crippen LogP contribution in [0.2, 0.25) is 0 Å². The molecule has 0 atom stereocenters. The first-order chi connectivity index (χ1) is 11.5. The van der Waals surface area contributed by atoms with Gasteiger partial charge >= 0.3 is 0 Å². The third-order valence-electron chi connectivity index (χ3n) is 3.45. The Morgan fingerprint density at radius 1 is 1.29 bits per heavy atom. The van der Waals surface area contributed by atoms with Crippen LogP contribution in [0, 0.1) is 5.82 Å². The molecule has 2 aromatic carbocycles. The number of amides is 1. The minimum absolute atomic E-state index is 0.189. The van der Waals surface area contributed by atoms with E-state index in [9.17, 15) is 14.0 Å². The molecule has 0 saturated carbocycles. The molecule has 0 spiro atoms. The summed E-state index contributed by atoms with van der Waals surface area (Å²) in [6.07, 6.45) is 0.676. The maximum Gasteiger partial charge on any atom is 0.260 e. The Morgan fingerprint density at radius 2 is 2.08 bits per heavy atom. The maximum absolute atomic E-state index is 13.2. The van der Waals surface area contributed by atoms with Crippen LogP contribution in [0.4, 0.5) is 4.39 Å². The number of aldehydes is 1. The number of carbonyl (C=O) groups is 2. The smallest absolute Gasteiger partial charge is 0.260 e. The molecule has 6 heteroatoms. The molecule has 4 nitrogen and oxygen atoms in total. The molecule has 0 N–H and O–H groups in total. The van der Waals surface area contributed by atoms with Crippen molar-refractivity contribution in [3.8, 4) is 5.75 Å². The van der Waals surface area contributed by atoms with Crippen LogP contribution >= 0.6 is 15.9 Å². The van der Waals surface area contributed by atoms with Gasteiger partial charge < -0.3 is 9.64 Å². The lowest BCUT2D eigenvalue weighted by atomic mass is 10.2. The Morgan fingerprint density at radius 3 is 2.75 bits per heavy atom. The molecule has 24 heavy (non-hydrogen) atoms. The second kappa shape index (κ2) is 8.59. The highest BCUT2D eigenvalue weighted by atomic mass is 79.9. The Hall–Kier alpha value is -2.21. The van der Waals surface area contributed by atoms with E-state index in [1.165, 1.54) is 12.1 Å². The Kier molecular flexibility index (Phi) is 6.49. The summed E-state index contributed by atoms with van der Waals surface area (Å²) >= 11 is 3.27. The van der Waals surface area contributed by atoms with E-state index in [0.717, 1.165) is 4.47 Å². The molecule has 0 aromatic heterocycles. The maximum atomic E-state index is 13.2. The molecule has 1 amide bonds. The van der Waals surface area contributed by atoms with E-state index < -0.39 is 0 Å². The fraction of sp³-hybridized carbons (Fsp3) is 0.222. The van der Waals surface area contributed by atoms with Crippen molar-refractivity contribution in [2.45, 2.75) is 13.5 Å². The number of hydrogen-bond acceptors (Lipinski definition) is 3. The highest BCUT2D eigenvalue weighted by molar-refractivity contribution is 9.10. The topological polar surface area (TPSA) is 46.6 Å². The van der Waals surface area contributed by atoms with E-state index in [4.69, 9.17) is 4.74 Å². The van der Waals surface area contributed by atoms with Gasteiger partial charge in [-0.25, -0.2) is 4.39 Å². The lowest BCUT2D eigenvalue weighted by Gasteiger charge is -2.21. The monoisotopic (exact) mass is 393 g/mol. The van der Waals surface area contributed by atoms with Crippen molar-refractivity contribution in [2.24, 2.45) is 0 Å². The van der Waals surface area contributed by atoms with Gasteiger partial charge in [-0.2, -0.15) is 0 Å². The number of likely N-dealkylation sites (N-methyl/N-ethyl adjacent to an activating group) is 1. The summed E-state index contributed by atoms with van der Waals surface area (Å²) in [7, 11) is 0. The predicted molar refractivity (Wildman–Crippen MR) is 92.5 cm³/mol. The lowest BCUT2D eigenvalue weighted by Crippen LogP contribution is -2.34. The zero-order chi connectivity index (χ0) is 17.5. The molecule has 126 valence electrons. The first-order valence-corrected chi connectivity index (χ1v) is 8.22. The van der Waals surface area contributed by atoms with Gasteiger partial charge in [0.2, 0.25) is 0 Å². The van der Waals surface area contributed by atoms with Crippen LogP contribution in [0.1, 0.15) is 22.8 Å². The van der Waals surface area contributed by atoms with E-state index in [0.29, 0.717) is 36.3 Å². The fourth-order valence-electron chi connectivity index (χ4n) is 2.21. The van der Waals surface area contributed by atoms with Crippen LogP contribution in [0.25, 0.3) is 0 Å². The molecule has 0 saturated heterocycles. The molecule has 0 aliphatic heterocycles. The van der Waals surface area contributed by atoms with Crippen molar-refractivity contribution < 1.29 is 18.7 Å². The number of benzene rings is 2. The zero-order valence-corrected chi connectivity index (χ0v) is 14.8. The van der Waals surface area contributed by atoms with Gasteiger partial charge in [0.25, 0.3) is 5.91 Å². The molecule has 0 bridgehead atoms. The van der Waals surface area contributed by atoms with E-state index in [-0.39, 0.29) is 18.3 Å². The van der Waals surface area contributed by atoms with Gasteiger partial charge in [-0.05, 0) is 42.8 Å².